The SMILES string of the molecule is CCOc1cc(/C=C2\SC(=S)N(Cc3ccccc3)C2=O)ccc1OCC(=O)NCc1ccccc1. The number of ether oxygens (including phenoxy) is 2. The average molecular weight is 519 g/mol. The van der Waals surface area contributed by atoms with Crippen molar-refractivity contribution < 1.29 is 19.1 Å². The molecule has 0 aromatic heterocycles. The zero-order valence-electron chi connectivity index (χ0n) is 19.8. The zero-order chi connectivity index (χ0) is 25.3. The van der Waals surface area contributed by atoms with Crippen LogP contribution in [0.25, 0.3) is 6.08 Å². The zero-order valence-corrected chi connectivity index (χ0v) is 21.4. The summed E-state index contributed by atoms with van der Waals surface area (Å²) in [5, 5.41) is 2.84. The van der Waals surface area contributed by atoms with E-state index in [4.69, 9.17) is 21.7 Å². The summed E-state index contributed by atoms with van der Waals surface area (Å²) in [7, 11) is 0. The Labute approximate surface area is 220 Å². The van der Waals surface area contributed by atoms with Gasteiger partial charge in [-0.3, -0.25) is 14.5 Å². The summed E-state index contributed by atoms with van der Waals surface area (Å²) in [6.45, 7) is 3.04. The predicted octanol–water partition coefficient (Wildman–Crippen LogP) is 5.18. The van der Waals surface area contributed by atoms with Crippen LogP contribution in [0.2, 0.25) is 0 Å². The van der Waals surface area contributed by atoms with Crippen molar-refractivity contribution in [2.75, 3.05) is 13.2 Å². The lowest BCUT2D eigenvalue weighted by molar-refractivity contribution is -0.123. The van der Waals surface area contributed by atoms with Crippen molar-refractivity contribution in [1.82, 2.24) is 10.2 Å². The fourth-order valence-corrected chi connectivity index (χ4v) is 4.80. The van der Waals surface area contributed by atoms with Crippen LogP contribution < -0.4 is 14.8 Å². The Morgan fingerprint density at radius 1 is 0.972 bits per heavy atom. The van der Waals surface area contributed by atoms with E-state index in [-0.39, 0.29) is 18.4 Å². The van der Waals surface area contributed by atoms with Gasteiger partial charge in [-0.1, -0.05) is 90.7 Å². The number of benzene rings is 3. The fourth-order valence-electron chi connectivity index (χ4n) is 3.55. The van der Waals surface area contributed by atoms with Crippen LogP contribution in [0.3, 0.4) is 0 Å². The first-order valence-corrected chi connectivity index (χ1v) is 12.8. The molecule has 0 aliphatic carbocycles. The van der Waals surface area contributed by atoms with Crippen LogP contribution in [0.4, 0.5) is 0 Å². The molecule has 1 aliphatic rings. The number of thiocarbonyl (C=S) groups is 1. The lowest BCUT2D eigenvalue weighted by Gasteiger charge is -2.14. The number of nitrogens with zero attached hydrogens (tertiary/aromatic N) is 1. The van der Waals surface area contributed by atoms with E-state index in [1.807, 2.05) is 73.7 Å². The standard InChI is InChI=1S/C28H26N2O4S2/c1-2-33-24-15-22(13-14-23(24)34-19-26(31)29-17-20-9-5-3-6-10-20)16-25-27(32)30(28(35)36-25)18-21-11-7-4-8-12-21/h3-16H,2,17-19H2,1H3,(H,29,31)/b25-16-. The van der Waals surface area contributed by atoms with Gasteiger partial charge in [-0.2, -0.15) is 0 Å². The van der Waals surface area contributed by atoms with Crippen molar-refractivity contribution >= 4 is 46.2 Å². The Kier molecular flexibility index (Phi) is 8.76. The van der Waals surface area contributed by atoms with E-state index in [1.165, 1.54) is 11.8 Å². The molecule has 0 radical (unpaired) electrons. The Hall–Kier alpha value is -3.62. The molecule has 0 unspecified atom stereocenters. The minimum absolute atomic E-state index is 0.123. The van der Waals surface area contributed by atoms with Crippen LogP contribution in [0, 0.1) is 0 Å². The second-order valence-electron chi connectivity index (χ2n) is 7.94. The molecule has 0 bridgehead atoms. The number of hydrogen-bond acceptors (Lipinski definition) is 6. The Bertz CT molecular complexity index is 1260. The van der Waals surface area contributed by atoms with Crippen LogP contribution in [-0.2, 0) is 22.7 Å². The number of rotatable bonds is 10. The third-order valence-corrected chi connectivity index (χ3v) is 6.69. The number of hydrogen-bond donors (Lipinski definition) is 1. The number of nitrogens with one attached hydrogen (secondary N) is 1. The van der Waals surface area contributed by atoms with Gasteiger partial charge in [0.05, 0.1) is 18.1 Å². The first-order valence-electron chi connectivity index (χ1n) is 11.5. The normalized spacial score (nSPS) is 14.2. The van der Waals surface area contributed by atoms with Gasteiger partial charge in [-0.15, -0.1) is 0 Å². The van der Waals surface area contributed by atoms with E-state index in [9.17, 15) is 9.59 Å². The summed E-state index contributed by atoms with van der Waals surface area (Å²) in [4.78, 5) is 27.4. The van der Waals surface area contributed by atoms with Gasteiger partial charge < -0.3 is 14.8 Å². The third kappa shape index (κ3) is 6.74. The molecule has 1 fully saturated rings. The van der Waals surface area contributed by atoms with Gasteiger partial charge in [-0.05, 0) is 41.8 Å². The third-order valence-electron chi connectivity index (χ3n) is 5.31. The summed E-state index contributed by atoms with van der Waals surface area (Å²) in [6, 6.07) is 24.8. The smallest absolute Gasteiger partial charge is 0.266 e. The molecule has 1 N–H and O–H groups in total. The maximum atomic E-state index is 13.0. The fraction of sp³-hybridized carbons (Fsp3) is 0.179. The first-order chi connectivity index (χ1) is 17.5. The summed E-state index contributed by atoms with van der Waals surface area (Å²) >= 11 is 6.74. The highest BCUT2D eigenvalue weighted by Crippen LogP contribution is 2.35. The van der Waals surface area contributed by atoms with Crippen molar-refractivity contribution in [2.24, 2.45) is 0 Å². The molecule has 1 saturated heterocycles. The van der Waals surface area contributed by atoms with Crippen LogP contribution in [0.1, 0.15) is 23.6 Å². The summed E-state index contributed by atoms with van der Waals surface area (Å²) in [5.74, 6) is 0.608. The highest BCUT2D eigenvalue weighted by molar-refractivity contribution is 8.26. The van der Waals surface area contributed by atoms with Crippen molar-refractivity contribution in [3.8, 4) is 11.5 Å². The second-order valence-corrected chi connectivity index (χ2v) is 9.62. The summed E-state index contributed by atoms with van der Waals surface area (Å²) in [6.07, 6.45) is 1.79. The number of carbonyl (C=O) groups excluding carboxylic acids is 2. The molecule has 6 nitrogen and oxygen atoms in total. The van der Waals surface area contributed by atoms with Gasteiger partial charge in [-0.25, -0.2) is 0 Å². The van der Waals surface area contributed by atoms with Crippen molar-refractivity contribution in [3.63, 3.8) is 0 Å². The average Bonchev–Trinajstić information content (AvgIpc) is 3.15. The molecule has 8 heteroatoms. The largest absolute Gasteiger partial charge is 0.490 e. The maximum Gasteiger partial charge on any atom is 0.266 e. The molecule has 1 heterocycles. The molecule has 36 heavy (non-hydrogen) atoms. The van der Waals surface area contributed by atoms with Crippen LogP contribution in [0.5, 0.6) is 11.5 Å². The quantitative estimate of drug-likeness (QED) is 0.295. The van der Waals surface area contributed by atoms with Gasteiger partial charge in [0.2, 0.25) is 0 Å². The van der Waals surface area contributed by atoms with Gasteiger partial charge in [0.1, 0.15) is 4.32 Å². The molecular formula is C28H26N2O4S2. The maximum absolute atomic E-state index is 13.0. The molecule has 0 spiro atoms. The molecular weight excluding hydrogens is 492 g/mol. The van der Waals surface area contributed by atoms with Crippen molar-refractivity contribution in [2.45, 2.75) is 20.0 Å². The van der Waals surface area contributed by atoms with E-state index >= 15 is 0 Å². The van der Waals surface area contributed by atoms with Gasteiger partial charge in [0.25, 0.3) is 11.8 Å². The Morgan fingerprint density at radius 2 is 1.67 bits per heavy atom. The van der Waals surface area contributed by atoms with Crippen LogP contribution in [0.15, 0.2) is 83.8 Å². The van der Waals surface area contributed by atoms with Crippen molar-refractivity contribution in [1.29, 1.82) is 0 Å². The Balaban J connectivity index is 1.40. The minimum atomic E-state index is -0.229. The molecule has 2 amide bonds. The second kappa shape index (κ2) is 12.4. The van der Waals surface area contributed by atoms with E-state index in [1.54, 1.807) is 23.1 Å². The molecule has 1 aliphatic heterocycles. The highest BCUT2D eigenvalue weighted by atomic mass is 32.2. The molecule has 184 valence electrons. The summed E-state index contributed by atoms with van der Waals surface area (Å²) in [5.41, 5.74) is 2.81. The van der Waals surface area contributed by atoms with E-state index in [0.717, 1.165) is 16.7 Å². The molecule has 3 aromatic carbocycles. The predicted molar refractivity (Wildman–Crippen MR) is 147 cm³/mol. The number of thioether (sulfide) groups is 1. The highest BCUT2D eigenvalue weighted by Gasteiger charge is 2.32. The molecule has 4 rings (SSSR count). The lowest BCUT2D eigenvalue weighted by Crippen LogP contribution is -2.28. The van der Waals surface area contributed by atoms with Crippen LogP contribution in [-0.4, -0.2) is 34.2 Å². The topological polar surface area (TPSA) is 67.9 Å². The number of carbonyl (C=O) groups is 2. The van der Waals surface area contributed by atoms with Gasteiger partial charge >= 0.3 is 0 Å². The summed E-state index contributed by atoms with van der Waals surface area (Å²) < 4.78 is 12.0. The van der Waals surface area contributed by atoms with Crippen molar-refractivity contribution in [3.05, 3.63) is 100 Å². The minimum Gasteiger partial charge on any atom is -0.490 e. The number of amides is 2. The molecule has 0 atom stereocenters. The first kappa shape index (κ1) is 25.5. The van der Waals surface area contributed by atoms with E-state index in [2.05, 4.69) is 5.32 Å². The monoisotopic (exact) mass is 518 g/mol. The van der Waals surface area contributed by atoms with Crippen LogP contribution >= 0.6 is 24.0 Å². The van der Waals surface area contributed by atoms with Gasteiger partial charge in [0.15, 0.2) is 18.1 Å². The van der Waals surface area contributed by atoms with E-state index in [0.29, 0.717) is 40.4 Å². The Morgan fingerprint density at radius 3 is 2.36 bits per heavy atom. The van der Waals surface area contributed by atoms with E-state index < -0.39 is 0 Å². The molecule has 3 aromatic rings. The lowest BCUT2D eigenvalue weighted by atomic mass is 10.1. The van der Waals surface area contributed by atoms with Gasteiger partial charge in [0, 0.05) is 6.54 Å². The molecule has 0 saturated carbocycles.